The van der Waals surface area contributed by atoms with Crippen molar-refractivity contribution in [2.45, 2.75) is 38.0 Å². The number of rotatable bonds is 6. The van der Waals surface area contributed by atoms with Crippen LogP contribution in [0.15, 0.2) is 78.9 Å². The van der Waals surface area contributed by atoms with E-state index in [1.54, 1.807) is 18.2 Å². The molecule has 0 saturated carbocycles. The smallest absolute Gasteiger partial charge is 0.272 e. The molecule has 0 spiro atoms. The number of anilines is 1. The molecule has 3 aromatic carbocycles. The van der Waals surface area contributed by atoms with E-state index in [0.29, 0.717) is 17.2 Å². The maximum Gasteiger partial charge on any atom is 0.272 e. The van der Waals surface area contributed by atoms with Crippen molar-refractivity contribution >= 4 is 17.4 Å². The molecule has 180 valence electrons. The Hall–Kier alpha value is -3.28. The summed E-state index contributed by atoms with van der Waals surface area (Å²) in [5.41, 5.74) is 4.33. The zero-order chi connectivity index (χ0) is 24.2. The summed E-state index contributed by atoms with van der Waals surface area (Å²) in [4.78, 5) is 28.6. The molecular formula is C30H33N3O2. The predicted molar refractivity (Wildman–Crippen MR) is 139 cm³/mol. The standard InChI is InChI=1S/C30H33N3O2/c31-33(27-9-5-2-6-10-27)30(35)26-13-14-28-25(21-26)12-11-24(29(28)34)17-20-32-18-15-23(16-19-32)22-7-3-1-4-8-22/h1-10,13-14,21,23-24H,11-12,15-20,31H2. The molecule has 1 atom stereocenters. The lowest BCUT2D eigenvalue weighted by Gasteiger charge is -2.33. The summed E-state index contributed by atoms with van der Waals surface area (Å²) in [6.45, 7) is 3.17. The second-order valence-electron chi connectivity index (χ2n) is 9.80. The van der Waals surface area contributed by atoms with Gasteiger partial charge in [-0.05, 0) is 93.0 Å². The van der Waals surface area contributed by atoms with Crippen LogP contribution >= 0.6 is 0 Å². The van der Waals surface area contributed by atoms with Crippen molar-refractivity contribution in [1.29, 1.82) is 0 Å². The number of hydrazine groups is 1. The first-order chi connectivity index (χ1) is 17.1. The van der Waals surface area contributed by atoms with Crippen LogP contribution in [0.1, 0.15) is 63.4 Å². The number of nitrogens with two attached hydrogens (primary N) is 1. The second kappa shape index (κ2) is 10.5. The Kier molecular flexibility index (Phi) is 7.07. The van der Waals surface area contributed by atoms with Crippen LogP contribution in [0, 0.1) is 5.92 Å². The maximum atomic E-state index is 13.2. The van der Waals surface area contributed by atoms with E-state index in [1.807, 2.05) is 30.3 Å². The van der Waals surface area contributed by atoms with E-state index < -0.39 is 0 Å². The van der Waals surface area contributed by atoms with Crippen LogP contribution in [-0.4, -0.2) is 36.2 Å². The van der Waals surface area contributed by atoms with Crippen molar-refractivity contribution in [3.8, 4) is 0 Å². The van der Waals surface area contributed by atoms with Crippen LogP contribution < -0.4 is 10.9 Å². The fourth-order valence-corrected chi connectivity index (χ4v) is 5.53. The summed E-state index contributed by atoms with van der Waals surface area (Å²) in [5.74, 6) is 6.72. The highest BCUT2D eigenvalue weighted by atomic mass is 16.2. The molecule has 5 rings (SSSR count). The predicted octanol–water partition coefficient (Wildman–Crippen LogP) is 5.22. The Balaban J connectivity index is 1.16. The van der Waals surface area contributed by atoms with Gasteiger partial charge in [0.1, 0.15) is 0 Å². The molecule has 0 bridgehead atoms. The molecule has 2 N–H and O–H groups in total. The van der Waals surface area contributed by atoms with Gasteiger partial charge in [-0.25, -0.2) is 10.9 Å². The molecule has 1 saturated heterocycles. The number of nitrogens with zero attached hydrogens (tertiary/aromatic N) is 2. The fraction of sp³-hybridized carbons (Fsp3) is 0.333. The number of hydrogen-bond acceptors (Lipinski definition) is 4. The number of ketones is 1. The van der Waals surface area contributed by atoms with E-state index in [0.717, 1.165) is 55.0 Å². The lowest BCUT2D eigenvalue weighted by molar-refractivity contribution is 0.0876. The zero-order valence-electron chi connectivity index (χ0n) is 20.1. The first-order valence-corrected chi connectivity index (χ1v) is 12.7. The first-order valence-electron chi connectivity index (χ1n) is 12.7. The molecule has 1 aliphatic heterocycles. The van der Waals surface area contributed by atoms with Crippen molar-refractivity contribution in [1.82, 2.24) is 4.90 Å². The molecule has 1 unspecified atom stereocenters. The molecule has 0 aromatic heterocycles. The van der Waals surface area contributed by atoms with Gasteiger partial charge in [-0.1, -0.05) is 54.6 Å². The Morgan fingerprint density at radius 2 is 1.60 bits per heavy atom. The minimum atomic E-state index is -0.271. The average molecular weight is 468 g/mol. The van der Waals surface area contributed by atoms with Gasteiger partial charge in [-0.2, -0.15) is 0 Å². The van der Waals surface area contributed by atoms with Gasteiger partial charge in [0.25, 0.3) is 5.91 Å². The molecule has 2 aliphatic rings. The van der Waals surface area contributed by atoms with E-state index >= 15 is 0 Å². The third-order valence-electron chi connectivity index (χ3n) is 7.66. The fourth-order valence-electron chi connectivity index (χ4n) is 5.53. The number of benzene rings is 3. The van der Waals surface area contributed by atoms with E-state index in [9.17, 15) is 9.59 Å². The number of carbonyl (C=O) groups excluding carboxylic acids is 2. The number of Topliss-reactive ketones (excluding diaryl/α,β-unsaturated/α-hetero) is 1. The third kappa shape index (κ3) is 5.21. The SMILES string of the molecule is NN(C(=O)c1ccc2c(c1)CCC(CCN1CCC(c3ccccc3)CC1)C2=O)c1ccccc1. The minimum Gasteiger partial charge on any atom is -0.303 e. The number of para-hydroxylation sites is 1. The number of carbonyl (C=O) groups is 2. The molecule has 5 heteroatoms. The minimum absolute atomic E-state index is 0.0613. The van der Waals surface area contributed by atoms with Crippen molar-refractivity contribution < 1.29 is 9.59 Å². The second-order valence-corrected chi connectivity index (χ2v) is 9.80. The summed E-state index contributed by atoms with van der Waals surface area (Å²) in [6.07, 6.45) is 4.93. The first kappa shape index (κ1) is 23.5. The quantitative estimate of drug-likeness (QED) is 0.307. The molecular weight excluding hydrogens is 434 g/mol. The molecule has 5 nitrogen and oxygen atoms in total. The van der Waals surface area contributed by atoms with E-state index in [2.05, 4.69) is 35.2 Å². The number of fused-ring (bicyclic) bond motifs is 1. The highest BCUT2D eigenvalue weighted by molar-refractivity contribution is 6.07. The van der Waals surface area contributed by atoms with E-state index in [1.165, 1.54) is 18.4 Å². The topological polar surface area (TPSA) is 66.6 Å². The monoisotopic (exact) mass is 467 g/mol. The molecule has 1 heterocycles. The number of aryl methyl sites for hydroxylation is 1. The lowest BCUT2D eigenvalue weighted by Crippen LogP contribution is -2.37. The number of likely N-dealkylation sites (tertiary alicyclic amines) is 1. The van der Waals surface area contributed by atoms with Crippen LogP contribution in [0.25, 0.3) is 0 Å². The van der Waals surface area contributed by atoms with Crippen molar-refractivity contribution in [2.75, 3.05) is 24.6 Å². The van der Waals surface area contributed by atoms with Gasteiger partial charge in [0.2, 0.25) is 0 Å². The van der Waals surface area contributed by atoms with E-state index in [-0.39, 0.29) is 17.6 Å². The summed E-state index contributed by atoms with van der Waals surface area (Å²) in [6, 6.07) is 25.4. The average Bonchev–Trinajstić information content (AvgIpc) is 2.93. The van der Waals surface area contributed by atoms with E-state index in [4.69, 9.17) is 5.84 Å². The Morgan fingerprint density at radius 1 is 0.914 bits per heavy atom. The summed E-state index contributed by atoms with van der Waals surface area (Å²) in [7, 11) is 0. The van der Waals surface area contributed by atoms with Crippen LogP contribution in [0.2, 0.25) is 0 Å². The largest absolute Gasteiger partial charge is 0.303 e. The van der Waals surface area contributed by atoms with Gasteiger partial charge < -0.3 is 4.90 Å². The molecule has 35 heavy (non-hydrogen) atoms. The van der Waals surface area contributed by atoms with Gasteiger partial charge in [0, 0.05) is 17.0 Å². The molecule has 1 aliphatic carbocycles. The van der Waals surface area contributed by atoms with Crippen LogP contribution in [0.3, 0.4) is 0 Å². The zero-order valence-corrected chi connectivity index (χ0v) is 20.1. The summed E-state index contributed by atoms with van der Waals surface area (Å²) >= 11 is 0. The summed E-state index contributed by atoms with van der Waals surface area (Å²) < 4.78 is 0. The molecule has 1 amide bonds. The van der Waals surface area contributed by atoms with Gasteiger partial charge in [-0.15, -0.1) is 0 Å². The maximum absolute atomic E-state index is 13.2. The third-order valence-corrected chi connectivity index (χ3v) is 7.66. The normalized spacial score (nSPS) is 18.8. The summed E-state index contributed by atoms with van der Waals surface area (Å²) in [5, 5.41) is 1.16. The Labute approximate surface area is 207 Å². The van der Waals surface area contributed by atoms with Gasteiger partial charge in [-0.3, -0.25) is 9.59 Å². The Morgan fingerprint density at radius 3 is 2.31 bits per heavy atom. The lowest BCUT2D eigenvalue weighted by atomic mass is 9.80. The van der Waals surface area contributed by atoms with Crippen molar-refractivity contribution in [2.24, 2.45) is 11.8 Å². The number of piperidine rings is 1. The van der Waals surface area contributed by atoms with Gasteiger partial charge >= 0.3 is 0 Å². The van der Waals surface area contributed by atoms with Crippen LogP contribution in [-0.2, 0) is 6.42 Å². The van der Waals surface area contributed by atoms with Crippen LogP contribution in [0.4, 0.5) is 5.69 Å². The molecule has 0 radical (unpaired) electrons. The highest BCUT2D eigenvalue weighted by Gasteiger charge is 2.29. The number of hydrogen-bond donors (Lipinski definition) is 1. The van der Waals surface area contributed by atoms with Gasteiger partial charge in [0.05, 0.1) is 5.69 Å². The van der Waals surface area contributed by atoms with Crippen molar-refractivity contribution in [3.05, 3.63) is 101 Å². The Bertz CT molecular complexity index is 1170. The molecule has 1 fully saturated rings. The van der Waals surface area contributed by atoms with Gasteiger partial charge in [0.15, 0.2) is 5.78 Å². The molecule has 3 aromatic rings. The van der Waals surface area contributed by atoms with Crippen molar-refractivity contribution in [3.63, 3.8) is 0 Å². The number of amides is 1. The van der Waals surface area contributed by atoms with Crippen LogP contribution in [0.5, 0.6) is 0 Å². The highest BCUT2D eigenvalue weighted by Crippen LogP contribution is 2.31.